The lowest BCUT2D eigenvalue weighted by molar-refractivity contribution is -0.137. The van der Waals surface area contributed by atoms with Gasteiger partial charge in [0.05, 0.1) is 30.0 Å². The first-order chi connectivity index (χ1) is 21.8. The zero-order valence-electron chi connectivity index (χ0n) is 23.7. The van der Waals surface area contributed by atoms with Crippen LogP contribution >= 0.6 is 0 Å². The topological polar surface area (TPSA) is 93.8 Å². The van der Waals surface area contributed by atoms with E-state index < -0.39 is 17.6 Å². The first-order valence-electron chi connectivity index (χ1n) is 14.2. The summed E-state index contributed by atoms with van der Waals surface area (Å²) in [6.07, 6.45) is 2.25. The van der Waals surface area contributed by atoms with Crippen LogP contribution in [-0.2, 0) is 10.9 Å². The maximum absolute atomic E-state index is 13.3. The lowest BCUT2D eigenvalue weighted by Gasteiger charge is -2.26. The predicted octanol–water partition coefficient (Wildman–Crippen LogP) is 6.27. The number of alkyl halides is 3. The maximum Gasteiger partial charge on any atom is 0.416 e. The Morgan fingerprint density at radius 3 is 2.42 bits per heavy atom. The van der Waals surface area contributed by atoms with Crippen molar-refractivity contribution in [3.63, 3.8) is 0 Å². The number of nitrogens with zero attached hydrogens (tertiary/aromatic N) is 5. The van der Waals surface area contributed by atoms with E-state index in [2.05, 4.69) is 10.3 Å². The van der Waals surface area contributed by atoms with Crippen molar-refractivity contribution < 1.29 is 27.5 Å². The summed E-state index contributed by atoms with van der Waals surface area (Å²) in [6.45, 7) is 2.17. The highest BCUT2D eigenvalue weighted by Gasteiger charge is 2.31. The average Bonchev–Trinajstić information content (AvgIpc) is 3.72. The number of imidazole rings is 1. The van der Waals surface area contributed by atoms with E-state index in [0.29, 0.717) is 71.2 Å². The molecule has 0 radical (unpaired) electrons. The highest BCUT2D eigenvalue weighted by molar-refractivity contribution is 6.05. The number of amides is 1. The van der Waals surface area contributed by atoms with Gasteiger partial charge in [0.1, 0.15) is 0 Å². The Hall–Kier alpha value is -5.49. The van der Waals surface area contributed by atoms with E-state index in [0.717, 1.165) is 12.1 Å². The number of halogens is 3. The van der Waals surface area contributed by atoms with Gasteiger partial charge in [-0.25, -0.2) is 9.97 Å². The summed E-state index contributed by atoms with van der Waals surface area (Å²) in [6, 6.07) is 18.6. The minimum Gasteiger partial charge on any atom is -0.378 e. The third-order valence-electron chi connectivity index (χ3n) is 7.73. The number of morpholine rings is 1. The van der Waals surface area contributed by atoms with Crippen molar-refractivity contribution in [2.45, 2.75) is 6.18 Å². The molecule has 1 amide bonds. The van der Waals surface area contributed by atoms with E-state index in [4.69, 9.17) is 9.72 Å². The minimum absolute atomic E-state index is 0.0489. The third kappa shape index (κ3) is 5.40. The Labute approximate surface area is 254 Å². The van der Waals surface area contributed by atoms with Gasteiger partial charge in [-0.3, -0.25) is 14.2 Å². The van der Waals surface area contributed by atoms with Crippen LogP contribution in [0.15, 0.2) is 97.6 Å². The van der Waals surface area contributed by atoms with Gasteiger partial charge in [-0.2, -0.15) is 13.2 Å². The fourth-order valence-corrected chi connectivity index (χ4v) is 5.46. The molecule has 0 spiro atoms. The van der Waals surface area contributed by atoms with Crippen LogP contribution < -0.4 is 5.32 Å². The number of hydrogen-bond acceptors (Lipinski definition) is 6. The predicted molar refractivity (Wildman–Crippen MR) is 162 cm³/mol. The summed E-state index contributed by atoms with van der Waals surface area (Å²) in [4.78, 5) is 37.3. The molecule has 226 valence electrons. The van der Waals surface area contributed by atoms with Gasteiger partial charge in [-0.1, -0.05) is 18.2 Å². The molecule has 45 heavy (non-hydrogen) atoms. The normalized spacial score (nSPS) is 13.8. The number of rotatable bonds is 5. The Morgan fingerprint density at radius 2 is 1.64 bits per heavy atom. The number of hydrogen-bond donors (Lipinski definition) is 1. The van der Waals surface area contributed by atoms with Crippen LogP contribution in [0.5, 0.6) is 0 Å². The summed E-state index contributed by atoms with van der Waals surface area (Å²) in [5.74, 6) is -0.155. The van der Waals surface area contributed by atoms with Crippen LogP contribution in [0.1, 0.15) is 26.3 Å². The number of fused-ring (bicyclic) bond motifs is 2. The quantitative estimate of drug-likeness (QED) is 0.247. The second kappa shape index (κ2) is 11.2. The van der Waals surface area contributed by atoms with Crippen LogP contribution in [0, 0.1) is 0 Å². The molecule has 0 atom stereocenters. The molecular formula is C33H25F3N6O3. The van der Waals surface area contributed by atoms with Crippen LogP contribution in [0.25, 0.3) is 27.8 Å². The van der Waals surface area contributed by atoms with E-state index >= 15 is 0 Å². The minimum atomic E-state index is -4.56. The van der Waals surface area contributed by atoms with Crippen LogP contribution in [0.2, 0.25) is 0 Å². The van der Waals surface area contributed by atoms with Gasteiger partial charge in [0.25, 0.3) is 11.8 Å². The van der Waals surface area contributed by atoms with E-state index in [1.807, 2.05) is 28.8 Å². The SMILES string of the molecule is O=C(c1ccc(Nc2nc(-c3cccc4c3ccn4C(=O)c3cccc(C(F)(F)F)c3)cn3ccnc23)cc1)N1CCOCC1. The average molecular weight is 611 g/mol. The Bertz CT molecular complexity index is 2060. The first kappa shape index (κ1) is 28.3. The highest BCUT2D eigenvalue weighted by Crippen LogP contribution is 2.33. The smallest absolute Gasteiger partial charge is 0.378 e. The van der Waals surface area contributed by atoms with Gasteiger partial charge >= 0.3 is 6.18 Å². The van der Waals surface area contributed by atoms with Gasteiger partial charge in [-0.15, -0.1) is 0 Å². The number of carbonyl (C=O) groups is 2. The summed E-state index contributed by atoms with van der Waals surface area (Å²) in [7, 11) is 0. The number of ether oxygens (including phenoxy) is 1. The fraction of sp³-hybridized carbons (Fsp3) is 0.152. The van der Waals surface area contributed by atoms with Crippen molar-refractivity contribution >= 4 is 39.9 Å². The molecule has 1 aliphatic heterocycles. The molecule has 6 aromatic rings. The molecular weight excluding hydrogens is 585 g/mol. The van der Waals surface area contributed by atoms with E-state index in [1.54, 1.807) is 53.8 Å². The van der Waals surface area contributed by atoms with Crippen molar-refractivity contribution in [1.29, 1.82) is 0 Å². The Kier molecular flexibility index (Phi) is 7.05. The molecule has 12 heteroatoms. The molecule has 0 bridgehead atoms. The number of anilines is 2. The van der Waals surface area contributed by atoms with E-state index in [9.17, 15) is 22.8 Å². The van der Waals surface area contributed by atoms with Crippen molar-refractivity contribution in [2.24, 2.45) is 0 Å². The molecule has 9 nitrogen and oxygen atoms in total. The molecule has 0 unspecified atom stereocenters. The monoisotopic (exact) mass is 610 g/mol. The molecule has 3 aromatic heterocycles. The lowest BCUT2D eigenvalue weighted by atomic mass is 10.1. The molecule has 3 aromatic carbocycles. The van der Waals surface area contributed by atoms with E-state index in [1.165, 1.54) is 16.7 Å². The van der Waals surface area contributed by atoms with Gasteiger partial charge < -0.3 is 19.4 Å². The van der Waals surface area contributed by atoms with Gasteiger partial charge in [0, 0.05) is 65.6 Å². The highest BCUT2D eigenvalue weighted by atomic mass is 19.4. The van der Waals surface area contributed by atoms with Crippen molar-refractivity contribution in [1.82, 2.24) is 23.8 Å². The molecule has 0 aliphatic carbocycles. The Balaban J connectivity index is 1.21. The summed E-state index contributed by atoms with van der Waals surface area (Å²) in [5, 5.41) is 4.00. The van der Waals surface area contributed by atoms with Gasteiger partial charge in [0.15, 0.2) is 11.5 Å². The van der Waals surface area contributed by atoms with Crippen molar-refractivity contribution in [3.8, 4) is 11.3 Å². The summed E-state index contributed by atoms with van der Waals surface area (Å²) in [5.41, 5.74) is 2.72. The Morgan fingerprint density at radius 1 is 0.867 bits per heavy atom. The van der Waals surface area contributed by atoms with Crippen LogP contribution in [0.3, 0.4) is 0 Å². The lowest BCUT2D eigenvalue weighted by Crippen LogP contribution is -2.40. The standard InChI is InChI=1S/C33H25F3N6O3/c34-33(35,36)23-4-1-3-22(19-23)32(44)42-13-11-26-25(5-2-6-28(26)42)27-20-41-14-12-37-30(41)29(39-27)38-24-9-7-21(8-10-24)31(43)40-15-17-45-18-16-40/h1-14,19-20H,15-18H2,(H,38,39). The number of aromatic nitrogens is 4. The number of benzene rings is 3. The molecule has 1 saturated heterocycles. The zero-order chi connectivity index (χ0) is 31.1. The largest absolute Gasteiger partial charge is 0.416 e. The van der Waals surface area contributed by atoms with Gasteiger partial charge in [0.2, 0.25) is 0 Å². The van der Waals surface area contributed by atoms with Crippen molar-refractivity contribution in [3.05, 3.63) is 114 Å². The fourth-order valence-electron chi connectivity index (χ4n) is 5.46. The van der Waals surface area contributed by atoms with E-state index in [-0.39, 0.29) is 11.5 Å². The maximum atomic E-state index is 13.3. The zero-order valence-corrected chi connectivity index (χ0v) is 23.7. The van der Waals surface area contributed by atoms with Gasteiger partial charge in [-0.05, 0) is 54.6 Å². The molecule has 7 rings (SSSR count). The van der Waals surface area contributed by atoms with Crippen molar-refractivity contribution in [2.75, 3.05) is 31.6 Å². The second-order valence-electron chi connectivity index (χ2n) is 10.5. The number of nitrogens with one attached hydrogen (secondary N) is 1. The number of carbonyl (C=O) groups excluding carboxylic acids is 2. The second-order valence-corrected chi connectivity index (χ2v) is 10.5. The molecule has 1 fully saturated rings. The third-order valence-corrected chi connectivity index (χ3v) is 7.73. The first-order valence-corrected chi connectivity index (χ1v) is 14.2. The molecule has 1 aliphatic rings. The summed E-state index contributed by atoms with van der Waals surface area (Å²) < 4.78 is 48.4. The summed E-state index contributed by atoms with van der Waals surface area (Å²) >= 11 is 0. The van der Waals surface area contributed by atoms with Crippen LogP contribution in [-0.4, -0.2) is 62.0 Å². The molecule has 1 N–H and O–H groups in total. The molecule has 0 saturated carbocycles. The van der Waals surface area contributed by atoms with Crippen LogP contribution in [0.4, 0.5) is 24.7 Å². The molecule has 4 heterocycles.